The van der Waals surface area contributed by atoms with E-state index in [2.05, 4.69) is 61.0 Å². The zero-order chi connectivity index (χ0) is 14.6. The van der Waals surface area contributed by atoms with Gasteiger partial charge in [-0.3, -0.25) is 4.68 Å². The van der Waals surface area contributed by atoms with E-state index in [9.17, 15) is 0 Å². The van der Waals surface area contributed by atoms with Crippen molar-refractivity contribution in [3.8, 4) is 0 Å². The van der Waals surface area contributed by atoms with Crippen molar-refractivity contribution in [3.63, 3.8) is 0 Å². The molecular weight excluding hydrogens is 302 g/mol. The molecule has 1 unspecified atom stereocenters. The lowest BCUT2D eigenvalue weighted by atomic mass is 9.92. The van der Waals surface area contributed by atoms with Gasteiger partial charge in [0.2, 0.25) is 0 Å². The summed E-state index contributed by atoms with van der Waals surface area (Å²) in [6.07, 6.45) is 2.33. The Morgan fingerprint density at radius 1 is 1.26 bits per heavy atom. The summed E-state index contributed by atoms with van der Waals surface area (Å²) in [5.74, 6) is 1.39. The van der Waals surface area contributed by atoms with Crippen LogP contribution in [0, 0.1) is 18.8 Å². The molecule has 0 saturated heterocycles. The van der Waals surface area contributed by atoms with E-state index < -0.39 is 0 Å². The van der Waals surface area contributed by atoms with Gasteiger partial charge in [0.15, 0.2) is 0 Å². The average molecular weight is 330 g/mol. The van der Waals surface area contributed by atoms with Crippen molar-refractivity contribution in [2.24, 2.45) is 18.9 Å². The minimum absolute atomic E-state index is 0.548. The SMILES string of the molecule is Cc1nn(C)c(CC(CNC(C)C)CC(C)C)c1Br. The molecule has 1 rings (SSSR count). The van der Waals surface area contributed by atoms with Gasteiger partial charge < -0.3 is 5.32 Å². The van der Waals surface area contributed by atoms with Crippen molar-refractivity contribution in [1.29, 1.82) is 0 Å². The van der Waals surface area contributed by atoms with Gasteiger partial charge in [-0.1, -0.05) is 27.7 Å². The van der Waals surface area contributed by atoms with E-state index in [0.29, 0.717) is 12.0 Å². The van der Waals surface area contributed by atoms with Gasteiger partial charge >= 0.3 is 0 Å². The lowest BCUT2D eigenvalue weighted by molar-refractivity contribution is 0.366. The summed E-state index contributed by atoms with van der Waals surface area (Å²) in [5, 5.41) is 8.06. The maximum absolute atomic E-state index is 4.49. The number of nitrogens with one attached hydrogen (secondary N) is 1. The number of hydrogen-bond donors (Lipinski definition) is 1. The first-order valence-corrected chi connectivity index (χ1v) is 8.01. The molecule has 1 N–H and O–H groups in total. The molecule has 0 spiro atoms. The van der Waals surface area contributed by atoms with Gasteiger partial charge in [-0.25, -0.2) is 0 Å². The molecule has 0 aliphatic carbocycles. The van der Waals surface area contributed by atoms with Crippen molar-refractivity contribution in [2.45, 2.75) is 53.5 Å². The molecule has 3 nitrogen and oxygen atoms in total. The summed E-state index contributed by atoms with van der Waals surface area (Å²) < 4.78 is 3.19. The summed E-state index contributed by atoms with van der Waals surface area (Å²) in [5.41, 5.74) is 2.39. The van der Waals surface area contributed by atoms with Gasteiger partial charge in [-0.2, -0.15) is 5.10 Å². The topological polar surface area (TPSA) is 29.9 Å². The van der Waals surface area contributed by atoms with Crippen LogP contribution in [-0.4, -0.2) is 22.4 Å². The summed E-state index contributed by atoms with van der Waals surface area (Å²) >= 11 is 3.67. The van der Waals surface area contributed by atoms with E-state index in [1.807, 2.05) is 11.7 Å². The first-order valence-electron chi connectivity index (χ1n) is 7.22. The van der Waals surface area contributed by atoms with Crippen molar-refractivity contribution in [1.82, 2.24) is 15.1 Å². The Morgan fingerprint density at radius 2 is 1.89 bits per heavy atom. The highest BCUT2D eigenvalue weighted by Crippen LogP contribution is 2.25. The highest BCUT2D eigenvalue weighted by molar-refractivity contribution is 9.10. The van der Waals surface area contributed by atoms with Gasteiger partial charge in [-0.05, 0) is 54.1 Å². The molecular formula is C15H28BrN3. The summed E-state index contributed by atoms with van der Waals surface area (Å²) in [6.45, 7) is 12.1. The van der Waals surface area contributed by atoms with Gasteiger partial charge in [0, 0.05) is 13.1 Å². The molecule has 19 heavy (non-hydrogen) atoms. The predicted octanol–water partition coefficient (Wildman–Crippen LogP) is 3.69. The molecule has 0 radical (unpaired) electrons. The van der Waals surface area contributed by atoms with Crippen molar-refractivity contribution < 1.29 is 0 Å². The minimum Gasteiger partial charge on any atom is -0.314 e. The van der Waals surface area contributed by atoms with E-state index in [0.717, 1.165) is 24.6 Å². The molecule has 110 valence electrons. The fraction of sp³-hybridized carbons (Fsp3) is 0.800. The zero-order valence-corrected chi connectivity index (χ0v) is 14.7. The van der Waals surface area contributed by atoms with Gasteiger partial charge in [0.25, 0.3) is 0 Å². The number of hydrogen-bond acceptors (Lipinski definition) is 2. The average Bonchev–Trinajstić information content (AvgIpc) is 2.52. The molecule has 4 heteroatoms. The smallest absolute Gasteiger partial charge is 0.0738 e. The largest absolute Gasteiger partial charge is 0.314 e. The maximum atomic E-state index is 4.49. The fourth-order valence-corrected chi connectivity index (χ4v) is 2.98. The number of rotatable bonds is 7. The second-order valence-electron chi connectivity index (χ2n) is 6.23. The predicted molar refractivity (Wildman–Crippen MR) is 85.4 cm³/mol. The maximum Gasteiger partial charge on any atom is 0.0738 e. The third kappa shape index (κ3) is 5.27. The van der Waals surface area contributed by atoms with Crippen LogP contribution >= 0.6 is 15.9 Å². The normalized spacial score (nSPS) is 13.5. The molecule has 0 fully saturated rings. The lowest BCUT2D eigenvalue weighted by Gasteiger charge is -2.21. The highest BCUT2D eigenvalue weighted by Gasteiger charge is 2.18. The second kappa shape index (κ2) is 7.44. The number of aryl methyl sites for hydroxylation is 2. The number of aromatic nitrogens is 2. The Morgan fingerprint density at radius 3 is 2.32 bits per heavy atom. The second-order valence-corrected chi connectivity index (χ2v) is 7.03. The van der Waals surface area contributed by atoms with Crippen LogP contribution < -0.4 is 5.32 Å². The lowest BCUT2D eigenvalue weighted by Crippen LogP contribution is -2.31. The van der Waals surface area contributed by atoms with Crippen molar-refractivity contribution in [2.75, 3.05) is 6.54 Å². The Kier molecular flexibility index (Phi) is 6.54. The van der Waals surface area contributed by atoms with Gasteiger partial charge in [0.1, 0.15) is 0 Å². The quantitative estimate of drug-likeness (QED) is 0.826. The molecule has 1 heterocycles. The molecule has 0 bridgehead atoms. The third-order valence-corrected chi connectivity index (χ3v) is 4.39. The standard InChI is InChI=1S/C15H28BrN3/c1-10(2)7-13(9-17-11(3)4)8-14-15(16)12(5)18-19(14)6/h10-11,13,17H,7-9H2,1-6H3. The third-order valence-electron chi connectivity index (χ3n) is 3.36. The van der Waals surface area contributed by atoms with Gasteiger partial charge in [-0.15, -0.1) is 0 Å². The van der Waals surface area contributed by atoms with Crippen LogP contribution in [0.15, 0.2) is 4.47 Å². The number of halogens is 1. The molecule has 1 atom stereocenters. The Bertz CT molecular complexity index is 396. The first kappa shape index (κ1) is 16.7. The van der Waals surface area contributed by atoms with E-state index >= 15 is 0 Å². The first-order chi connectivity index (χ1) is 8.81. The van der Waals surface area contributed by atoms with Crippen LogP contribution in [0.25, 0.3) is 0 Å². The molecule has 0 aliphatic heterocycles. The van der Waals surface area contributed by atoms with E-state index in [1.165, 1.54) is 16.6 Å². The van der Waals surface area contributed by atoms with E-state index in [4.69, 9.17) is 0 Å². The Labute approximate surface area is 126 Å². The van der Waals surface area contributed by atoms with Crippen LogP contribution in [0.3, 0.4) is 0 Å². The van der Waals surface area contributed by atoms with Crippen LogP contribution in [0.2, 0.25) is 0 Å². The van der Waals surface area contributed by atoms with E-state index in [-0.39, 0.29) is 0 Å². The molecule has 0 aliphatic rings. The minimum atomic E-state index is 0.548. The Hall–Kier alpha value is -0.350. The van der Waals surface area contributed by atoms with Crippen LogP contribution in [-0.2, 0) is 13.5 Å². The van der Waals surface area contributed by atoms with Crippen LogP contribution in [0.5, 0.6) is 0 Å². The van der Waals surface area contributed by atoms with E-state index in [1.54, 1.807) is 0 Å². The molecule has 1 aromatic heterocycles. The monoisotopic (exact) mass is 329 g/mol. The van der Waals surface area contributed by atoms with Gasteiger partial charge in [0.05, 0.1) is 15.9 Å². The number of nitrogens with zero attached hydrogens (tertiary/aromatic N) is 2. The summed E-state index contributed by atoms with van der Waals surface area (Å²) in [6, 6.07) is 0.548. The Balaban J connectivity index is 2.75. The summed E-state index contributed by atoms with van der Waals surface area (Å²) in [7, 11) is 2.04. The van der Waals surface area contributed by atoms with Crippen LogP contribution in [0.4, 0.5) is 0 Å². The highest BCUT2D eigenvalue weighted by atomic mass is 79.9. The molecule has 1 aromatic rings. The summed E-state index contributed by atoms with van der Waals surface area (Å²) in [4.78, 5) is 0. The fourth-order valence-electron chi connectivity index (χ4n) is 2.48. The molecule has 0 aromatic carbocycles. The van der Waals surface area contributed by atoms with Crippen LogP contribution in [0.1, 0.15) is 45.5 Å². The van der Waals surface area contributed by atoms with Crippen molar-refractivity contribution in [3.05, 3.63) is 15.9 Å². The van der Waals surface area contributed by atoms with Crippen molar-refractivity contribution >= 4 is 15.9 Å². The molecule has 0 saturated carbocycles. The zero-order valence-electron chi connectivity index (χ0n) is 13.1. The molecule has 0 amide bonds.